The van der Waals surface area contributed by atoms with Gasteiger partial charge in [0.1, 0.15) is 0 Å². The zero-order valence-corrected chi connectivity index (χ0v) is 11.3. The van der Waals surface area contributed by atoms with Gasteiger partial charge in [0, 0.05) is 0 Å². The fourth-order valence-electron chi connectivity index (χ4n) is 2.43. The van der Waals surface area contributed by atoms with Crippen LogP contribution in [0.5, 0.6) is 0 Å². The molecule has 0 aromatic carbocycles. The molecule has 0 fully saturated rings. The van der Waals surface area contributed by atoms with E-state index in [2.05, 4.69) is 37.2 Å². The molecule has 1 heterocycles. The molecule has 1 unspecified atom stereocenters. The second-order valence-corrected chi connectivity index (χ2v) is 4.68. The van der Waals surface area contributed by atoms with Gasteiger partial charge in [0.05, 0.1) is 0 Å². The van der Waals surface area contributed by atoms with Crippen molar-refractivity contribution in [2.45, 2.75) is 65.2 Å². The standard InChI is InChI=1S/C13H25BN2/c1-5-8-10-12-13(16(4)14-15-12)11(7-3)9-6-2/h11H,5-10H2,1-4H3. The first-order valence-corrected chi connectivity index (χ1v) is 6.74. The molecule has 0 radical (unpaired) electrons. The van der Waals surface area contributed by atoms with Crippen LogP contribution in [0.3, 0.4) is 0 Å². The second-order valence-electron chi connectivity index (χ2n) is 4.68. The van der Waals surface area contributed by atoms with Crippen LogP contribution < -0.4 is 0 Å². The van der Waals surface area contributed by atoms with E-state index >= 15 is 0 Å². The van der Waals surface area contributed by atoms with Crippen molar-refractivity contribution in [3.05, 3.63) is 11.4 Å². The second kappa shape index (κ2) is 6.87. The van der Waals surface area contributed by atoms with E-state index in [1.807, 2.05) is 7.19 Å². The first-order chi connectivity index (χ1) is 7.74. The van der Waals surface area contributed by atoms with Crippen molar-refractivity contribution in [2.24, 2.45) is 7.05 Å². The van der Waals surface area contributed by atoms with Gasteiger partial charge >= 0.3 is 100 Å². The van der Waals surface area contributed by atoms with Gasteiger partial charge in [0.2, 0.25) is 0 Å². The normalized spacial score (nSPS) is 12.8. The van der Waals surface area contributed by atoms with E-state index < -0.39 is 0 Å². The first-order valence-electron chi connectivity index (χ1n) is 6.74. The molecular weight excluding hydrogens is 195 g/mol. The Morgan fingerprint density at radius 3 is 2.56 bits per heavy atom. The van der Waals surface area contributed by atoms with Crippen LogP contribution in [0.25, 0.3) is 0 Å². The molecule has 0 saturated carbocycles. The topological polar surface area (TPSA) is 17.8 Å². The van der Waals surface area contributed by atoms with E-state index in [1.54, 1.807) is 0 Å². The van der Waals surface area contributed by atoms with Gasteiger partial charge in [0.15, 0.2) is 0 Å². The molecule has 2 nitrogen and oxygen atoms in total. The van der Waals surface area contributed by atoms with Gasteiger partial charge in [-0.05, 0) is 0 Å². The molecule has 1 aromatic rings. The number of unbranched alkanes of at least 4 members (excludes halogenated alkanes) is 1. The van der Waals surface area contributed by atoms with Crippen LogP contribution in [0.15, 0.2) is 0 Å². The molecule has 0 N–H and O–H groups in total. The van der Waals surface area contributed by atoms with Gasteiger partial charge in [-0.2, -0.15) is 0 Å². The minimum absolute atomic E-state index is 0.698. The summed E-state index contributed by atoms with van der Waals surface area (Å²) in [4.78, 5) is 4.57. The van der Waals surface area contributed by atoms with Crippen LogP contribution in [0.1, 0.15) is 70.2 Å². The summed E-state index contributed by atoms with van der Waals surface area (Å²) in [5, 5.41) is 0. The molecule has 1 aromatic heterocycles. The Bertz CT molecular complexity index is 307. The molecular formula is C13H25BN2. The molecule has 0 amide bonds. The van der Waals surface area contributed by atoms with Crippen molar-refractivity contribution in [3.8, 4) is 0 Å². The number of nitrogens with zero attached hydrogens (tertiary/aromatic N) is 2. The summed E-state index contributed by atoms with van der Waals surface area (Å²) in [7, 11) is 4.12. The van der Waals surface area contributed by atoms with Gasteiger partial charge in [-0.1, -0.05) is 0 Å². The summed E-state index contributed by atoms with van der Waals surface area (Å²) < 4.78 is 2.23. The van der Waals surface area contributed by atoms with Crippen LogP contribution in [-0.4, -0.2) is 16.6 Å². The van der Waals surface area contributed by atoms with Crippen molar-refractivity contribution >= 4 is 7.19 Å². The third-order valence-electron chi connectivity index (χ3n) is 3.35. The maximum absolute atomic E-state index is 4.57. The molecule has 0 aliphatic carbocycles. The van der Waals surface area contributed by atoms with Gasteiger partial charge in [-0.25, -0.2) is 0 Å². The molecule has 0 bridgehead atoms. The average molecular weight is 220 g/mol. The molecule has 0 spiro atoms. The first kappa shape index (κ1) is 13.5. The summed E-state index contributed by atoms with van der Waals surface area (Å²) in [5.74, 6) is 0.698. The van der Waals surface area contributed by atoms with Gasteiger partial charge in [-0.15, -0.1) is 0 Å². The monoisotopic (exact) mass is 220 g/mol. The zero-order valence-electron chi connectivity index (χ0n) is 11.3. The summed E-state index contributed by atoms with van der Waals surface area (Å²) >= 11 is 0. The van der Waals surface area contributed by atoms with Crippen molar-refractivity contribution in [2.75, 3.05) is 0 Å². The summed E-state index contributed by atoms with van der Waals surface area (Å²) in [6.45, 7) is 6.80. The van der Waals surface area contributed by atoms with Crippen molar-refractivity contribution in [1.29, 1.82) is 0 Å². The Balaban J connectivity index is 2.85. The van der Waals surface area contributed by atoms with E-state index in [9.17, 15) is 0 Å². The third-order valence-corrected chi connectivity index (χ3v) is 3.35. The quantitative estimate of drug-likeness (QED) is 0.688. The Hall–Kier alpha value is -0.595. The number of rotatable bonds is 7. The Morgan fingerprint density at radius 1 is 1.25 bits per heavy atom. The van der Waals surface area contributed by atoms with Crippen LogP contribution in [0, 0.1) is 0 Å². The molecule has 1 atom stereocenters. The molecule has 0 aliphatic rings. The number of aryl methyl sites for hydroxylation is 2. The Kier molecular flexibility index (Phi) is 5.79. The van der Waals surface area contributed by atoms with E-state index in [4.69, 9.17) is 0 Å². The molecule has 16 heavy (non-hydrogen) atoms. The van der Waals surface area contributed by atoms with Crippen molar-refractivity contribution in [1.82, 2.24) is 9.37 Å². The predicted octanol–water partition coefficient (Wildman–Crippen LogP) is 3.39. The van der Waals surface area contributed by atoms with Gasteiger partial charge in [0.25, 0.3) is 0 Å². The molecule has 0 saturated heterocycles. The SMILES string of the molecule is CCCCc1nbn(C)c1C(CC)CCC. The fraction of sp³-hybridized carbons (Fsp3) is 0.846. The molecule has 1 rings (SSSR count). The Morgan fingerprint density at radius 2 is 2.00 bits per heavy atom. The molecule has 0 aliphatic heterocycles. The van der Waals surface area contributed by atoms with Crippen LogP contribution in [0.4, 0.5) is 0 Å². The number of hydrogen-bond donors (Lipinski definition) is 0. The predicted molar refractivity (Wildman–Crippen MR) is 71.1 cm³/mol. The number of aromatic nitrogens is 2. The van der Waals surface area contributed by atoms with E-state index in [1.165, 1.54) is 43.5 Å². The third kappa shape index (κ3) is 3.20. The summed E-state index contributed by atoms with van der Waals surface area (Å²) in [5.41, 5.74) is 2.82. The maximum atomic E-state index is 4.57. The zero-order chi connectivity index (χ0) is 12.0. The van der Waals surface area contributed by atoms with Crippen LogP contribution >= 0.6 is 0 Å². The van der Waals surface area contributed by atoms with Gasteiger partial charge < -0.3 is 0 Å². The van der Waals surface area contributed by atoms with Crippen LogP contribution in [-0.2, 0) is 13.5 Å². The fourth-order valence-corrected chi connectivity index (χ4v) is 2.43. The molecule has 3 heteroatoms. The molecule has 90 valence electrons. The van der Waals surface area contributed by atoms with Crippen molar-refractivity contribution in [3.63, 3.8) is 0 Å². The number of hydrogen-bond acceptors (Lipinski definition) is 1. The van der Waals surface area contributed by atoms with Crippen LogP contribution in [0.2, 0.25) is 0 Å². The van der Waals surface area contributed by atoms with Gasteiger partial charge in [-0.3, -0.25) is 0 Å². The Labute approximate surface area is 101 Å². The average Bonchev–Trinajstić information content (AvgIpc) is 2.65. The van der Waals surface area contributed by atoms with Crippen molar-refractivity contribution < 1.29 is 0 Å². The summed E-state index contributed by atoms with van der Waals surface area (Å²) in [6, 6.07) is 0. The summed E-state index contributed by atoms with van der Waals surface area (Å²) in [6.07, 6.45) is 7.43. The van der Waals surface area contributed by atoms with E-state index in [-0.39, 0.29) is 0 Å². The minimum atomic E-state index is 0.698. The van der Waals surface area contributed by atoms with E-state index in [0.29, 0.717) is 5.92 Å². The van der Waals surface area contributed by atoms with E-state index in [0.717, 1.165) is 6.42 Å².